The maximum absolute atomic E-state index is 13.7. The van der Waals surface area contributed by atoms with Crippen molar-refractivity contribution in [2.24, 2.45) is 5.73 Å². The predicted octanol–water partition coefficient (Wildman–Crippen LogP) is 7.82. The number of rotatable bonds is 11. The van der Waals surface area contributed by atoms with Crippen LogP contribution in [0.3, 0.4) is 0 Å². The van der Waals surface area contributed by atoms with Crippen LogP contribution in [0.1, 0.15) is 37.1 Å². The van der Waals surface area contributed by atoms with Gasteiger partial charge in [0.2, 0.25) is 5.91 Å². The van der Waals surface area contributed by atoms with Crippen molar-refractivity contribution in [3.05, 3.63) is 180 Å². The van der Waals surface area contributed by atoms with Crippen molar-refractivity contribution in [2.75, 3.05) is 10.6 Å². The monoisotopic (exact) mass is 676 g/mol. The molecule has 0 aromatic heterocycles. The molecule has 5 N–H and O–H groups in total. The lowest BCUT2D eigenvalue weighted by molar-refractivity contribution is -0.116. The first-order valence-corrected chi connectivity index (χ1v) is 16.6. The number of hydrogen-bond donors (Lipinski definition) is 4. The fourth-order valence-electron chi connectivity index (χ4n) is 5.33. The Bertz CT molecular complexity index is 2200. The number of hydrogen-bond acceptors (Lipinski definition) is 5. The largest absolute Gasteiger partial charge is 0.366 e. The summed E-state index contributed by atoms with van der Waals surface area (Å²) in [6.07, 6.45) is 1.67. The van der Waals surface area contributed by atoms with Crippen LogP contribution in [-0.4, -0.2) is 23.6 Å². The minimum atomic E-state index is -0.666. The van der Waals surface area contributed by atoms with Gasteiger partial charge in [0, 0.05) is 16.1 Å². The molecule has 0 aliphatic carbocycles. The highest BCUT2D eigenvalue weighted by molar-refractivity contribution is 8.00. The Kier molecular flexibility index (Phi) is 10.5. The van der Waals surface area contributed by atoms with Gasteiger partial charge in [-0.15, -0.1) is 11.8 Å². The van der Waals surface area contributed by atoms with Gasteiger partial charge in [0.1, 0.15) is 10.9 Å². The van der Waals surface area contributed by atoms with E-state index in [1.807, 2.05) is 78.9 Å². The van der Waals surface area contributed by atoms with Crippen LogP contribution in [0.2, 0.25) is 0 Å². The molecule has 0 radical (unpaired) electrons. The summed E-state index contributed by atoms with van der Waals surface area (Å²) >= 11 is 1.32. The van der Waals surface area contributed by atoms with Gasteiger partial charge in [0.25, 0.3) is 17.7 Å². The number of amides is 4. The van der Waals surface area contributed by atoms with E-state index in [0.29, 0.717) is 16.9 Å². The molecule has 6 rings (SSSR count). The number of benzene rings is 6. The predicted molar refractivity (Wildman–Crippen MR) is 200 cm³/mol. The minimum Gasteiger partial charge on any atom is -0.366 e. The molecule has 0 saturated heterocycles. The summed E-state index contributed by atoms with van der Waals surface area (Å²) in [5.74, 6) is -1.89. The van der Waals surface area contributed by atoms with Crippen LogP contribution in [0.25, 0.3) is 16.8 Å². The standard InChI is InChI=1S/C41H32N4O4S/c42-38(46)34-20-9-10-21-35(34)44-41(49)37(28-13-3-1-4-14-28)50-32-24-22-31(23-25-32)43-40(48)36(45-39(47)29-15-5-2-6-16-29)26-30-18-11-17-27-12-7-8-19-33(27)30/h1-26,37H,(H2,42,46)(H,43,48)(H,44,49)(H,45,47)/b36-26-. The van der Waals surface area contributed by atoms with Crippen LogP contribution in [0.4, 0.5) is 11.4 Å². The number of fused-ring (bicyclic) bond motifs is 1. The van der Waals surface area contributed by atoms with Gasteiger partial charge in [-0.25, -0.2) is 0 Å². The summed E-state index contributed by atoms with van der Waals surface area (Å²) in [4.78, 5) is 53.2. The first-order chi connectivity index (χ1) is 24.4. The average molecular weight is 677 g/mol. The number of primary amides is 1. The molecule has 6 aromatic rings. The topological polar surface area (TPSA) is 130 Å². The molecule has 0 heterocycles. The molecule has 50 heavy (non-hydrogen) atoms. The smallest absolute Gasteiger partial charge is 0.272 e. The molecule has 8 nitrogen and oxygen atoms in total. The maximum atomic E-state index is 13.7. The van der Waals surface area contributed by atoms with Crippen LogP contribution in [0.15, 0.2) is 162 Å². The van der Waals surface area contributed by atoms with Crippen molar-refractivity contribution in [1.29, 1.82) is 0 Å². The highest BCUT2D eigenvalue weighted by Gasteiger charge is 2.24. The number of nitrogens with one attached hydrogen (secondary N) is 3. The highest BCUT2D eigenvalue weighted by atomic mass is 32.2. The highest BCUT2D eigenvalue weighted by Crippen LogP contribution is 2.37. The van der Waals surface area contributed by atoms with Gasteiger partial charge >= 0.3 is 0 Å². The third kappa shape index (κ3) is 8.15. The van der Waals surface area contributed by atoms with Crippen molar-refractivity contribution >= 4 is 63.6 Å². The van der Waals surface area contributed by atoms with Crippen molar-refractivity contribution in [1.82, 2.24) is 5.32 Å². The molecule has 6 aromatic carbocycles. The molecule has 0 spiro atoms. The van der Waals surface area contributed by atoms with E-state index >= 15 is 0 Å². The second-order valence-corrected chi connectivity index (χ2v) is 12.4. The van der Waals surface area contributed by atoms with Crippen LogP contribution in [0.5, 0.6) is 0 Å². The summed E-state index contributed by atoms with van der Waals surface area (Å²) in [5, 5.41) is 9.83. The third-order valence-corrected chi connectivity index (χ3v) is 9.08. The molecular formula is C41H32N4O4S. The van der Waals surface area contributed by atoms with Crippen LogP contribution in [0, 0.1) is 0 Å². The van der Waals surface area contributed by atoms with Gasteiger partial charge in [0.15, 0.2) is 0 Å². The molecular weight excluding hydrogens is 645 g/mol. The fraction of sp³-hybridized carbons (Fsp3) is 0.0244. The zero-order valence-corrected chi connectivity index (χ0v) is 27.5. The van der Waals surface area contributed by atoms with E-state index in [-0.39, 0.29) is 17.2 Å². The normalized spacial score (nSPS) is 11.7. The Morgan fingerprint density at radius 1 is 0.640 bits per heavy atom. The Morgan fingerprint density at radius 2 is 1.28 bits per heavy atom. The lowest BCUT2D eigenvalue weighted by atomic mass is 10.0. The Hall–Kier alpha value is -6.45. The van der Waals surface area contributed by atoms with Gasteiger partial charge in [0.05, 0.1) is 11.3 Å². The van der Waals surface area contributed by atoms with E-state index in [1.165, 1.54) is 11.8 Å². The molecule has 0 bridgehead atoms. The van der Waals surface area contributed by atoms with Gasteiger partial charge in [-0.1, -0.05) is 103 Å². The van der Waals surface area contributed by atoms with Crippen LogP contribution >= 0.6 is 11.8 Å². The summed E-state index contributed by atoms with van der Waals surface area (Å²) in [6.45, 7) is 0. The second-order valence-electron chi connectivity index (χ2n) is 11.2. The Morgan fingerprint density at radius 3 is 2.02 bits per heavy atom. The molecule has 0 aliphatic heterocycles. The SMILES string of the molecule is NC(=O)c1ccccc1NC(=O)C(Sc1ccc(NC(=O)/C(=C/c2cccc3ccccc23)NC(=O)c2ccccc2)cc1)c1ccccc1. The first kappa shape index (κ1) is 33.5. The Labute approximate surface area is 293 Å². The van der Waals surface area contributed by atoms with Gasteiger partial charge < -0.3 is 21.7 Å². The van der Waals surface area contributed by atoms with E-state index in [9.17, 15) is 19.2 Å². The molecule has 0 fully saturated rings. The van der Waals surface area contributed by atoms with E-state index in [2.05, 4.69) is 16.0 Å². The number of nitrogens with two attached hydrogens (primary N) is 1. The molecule has 1 unspecified atom stereocenters. The lowest BCUT2D eigenvalue weighted by Crippen LogP contribution is -2.30. The van der Waals surface area contributed by atoms with Crippen molar-refractivity contribution in [2.45, 2.75) is 10.1 Å². The van der Waals surface area contributed by atoms with E-state index < -0.39 is 23.0 Å². The molecule has 1 atom stereocenters. The van der Waals surface area contributed by atoms with Gasteiger partial charge in [-0.2, -0.15) is 0 Å². The van der Waals surface area contributed by atoms with Crippen molar-refractivity contribution in [3.63, 3.8) is 0 Å². The molecule has 4 amide bonds. The summed E-state index contributed by atoms with van der Waals surface area (Å²) in [6, 6.07) is 45.2. The van der Waals surface area contributed by atoms with Gasteiger partial charge in [-0.3, -0.25) is 19.2 Å². The molecule has 9 heteroatoms. The second kappa shape index (κ2) is 15.6. The van der Waals surface area contributed by atoms with Crippen LogP contribution in [-0.2, 0) is 9.59 Å². The lowest BCUT2D eigenvalue weighted by Gasteiger charge is -2.18. The zero-order chi connectivity index (χ0) is 34.9. The van der Waals surface area contributed by atoms with E-state index in [1.54, 1.807) is 78.9 Å². The maximum Gasteiger partial charge on any atom is 0.272 e. The fourth-order valence-corrected chi connectivity index (χ4v) is 6.36. The third-order valence-electron chi connectivity index (χ3n) is 7.81. The summed E-state index contributed by atoms with van der Waals surface area (Å²) < 4.78 is 0. The first-order valence-electron chi connectivity index (χ1n) is 15.7. The number of carbonyl (C=O) groups excluding carboxylic acids is 4. The minimum absolute atomic E-state index is 0.0747. The van der Waals surface area contributed by atoms with Crippen LogP contribution < -0.4 is 21.7 Å². The molecule has 0 aliphatic rings. The number of thioether (sulfide) groups is 1. The quantitative estimate of drug-likeness (QED) is 0.0821. The number of carbonyl (C=O) groups is 4. The van der Waals surface area contributed by atoms with Crippen molar-refractivity contribution in [3.8, 4) is 0 Å². The van der Waals surface area contributed by atoms with E-state index in [4.69, 9.17) is 5.73 Å². The van der Waals surface area contributed by atoms with Gasteiger partial charge in [-0.05, 0) is 76.5 Å². The Balaban J connectivity index is 1.23. The van der Waals surface area contributed by atoms with E-state index in [0.717, 1.165) is 26.8 Å². The number of anilines is 2. The average Bonchev–Trinajstić information content (AvgIpc) is 3.15. The van der Waals surface area contributed by atoms with Crippen molar-refractivity contribution < 1.29 is 19.2 Å². The molecule has 0 saturated carbocycles. The summed E-state index contributed by atoms with van der Waals surface area (Å²) in [7, 11) is 0. The molecule has 246 valence electrons. The number of para-hydroxylation sites is 1. The zero-order valence-electron chi connectivity index (χ0n) is 26.7. The summed E-state index contributed by atoms with van der Waals surface area (Å²) in [5.41, 5.74) is 8.60.